The van der Waals surface area contributed by atoms with Crippen molar-refractivity contribution in [3.63, 3.8) is 0 Å². The van der Waals surface area contributed by atoms with Gasteiger partial charge in [-0.25, -0.2) is 0 Å². The summed E-state index contributed by atoms with van der Waals surface area (Å²) in [6.45, 7) is 2.70. The predicted molar refractivity (Wildman–Crippen MR) is 75.3 cm³/mol. The van der Waals surface area contributed by atoms with E-state index in [0.717, 1.165) is 26.1 Å². The highest BCUT2D eigenvalue weighted by Gasteiger charge is 2.38. The molecule has 1 aromatic carbocycles. The van der Waals surface area contributed by atoms with Crippen molar-refractivity contribution in [1.29, 1.82) is 0 Å². The van der Waals surface area contributed by atoms with Crippen LogP contribution in [0.25, 0.3) is 0 Å². The average Bonchev–Trinajstić information content (AvgIpc) is 3.07. The zero-order valence-electron chi connectivity index (χ0n) is 11.9. The molecule has 0 aromatic heterocycles. The van der Waals surface area contributed by atoms with Gasteiger partial charge in [-0.2, -0.15) is 0 Å². The zero-order valence-corrected chi connectivity index (χ0v) is 11.9. The van der Waals surface area contributed by atoms with Crippen LogP contribution in [0.4, 0.5) is 0 Å². The third-order valence-corrected chi connectivity index (χ3v) is 4.29. The van der Waals surface area contributed by atoms with Crippen molar-refractivity contribution in [2.75, 3.05) is 33.9 Å². The quantitative estimate of drug-likeness (QED) is 0.899. The minimum atomic E-state index is 0.0423. The first-order valence-corrected chi connectivity index (χ1v) is 6.97. The molecule has 0 radical (unpaired) electrons. The number of amides is 1. The molecule has 2 heterocycles. The minimum Gasteiger partial charge on any atom is -0.497 e. The van der Waals surface area contributed by atoms with Crippen LogP contribution in [0.3, 0.4) is 0 Å². The predicted octanol–water partition coefficient (Wildman–Crippen LogP) is 1.14. The third kappa shape index (κ3) is 2.22. The number of rotatable bonds is 3. The molecule has 2 aliphatic rings. The van der Waals surface area contributed by atoms with Crippen LogP contribution < -0.4 is 14.8 Å². The number of ether oxygens (including phenoxy) is 2. The van der Waals surface area contributed by atoms with Gasteiger partial charge in [0.25, 0.3) is 5.91 Å². The first-order chi connectivity index (χ1) is 9.72. The summed E-state index contributed by atoms with van der Waals surface area (Å²) in [5.74, 6) is 1.90. The normalized spacial score (nSPS) is 24.6. The van der Waals surface area contributed by atoms with Gasteiger partial charge in [0.15, 0.2) is 0 Å². The number of benzene rings is 1. The highest BCUT2D eigenvalue weighted by molar-refractivity contribution is 5.97. The van der Waals surface area contributed by atoms with Gasteiger partial charge in [-0.3, -0.25) is 4.79 Å². The van der Waals surface area contributed by atoms with Crippen molar-refractivity contribution >= 4 is 5.91 Å². The summed E-state index contributed by atoms with van der Waals surface area (Å²) in [6, 6.07) is 5.79. The van der Waals surface area contributed by atoms with Crippen molar-refractivity contribution < 1.29 is 14.3 Å². The van der Waals surface area contributed by atoms with Gasteiger partial charge in [0.1, 0.15) is 11.5 Å². The second-order valence-electron chi connectivity index (χ2n) is 5.39. The smallest absolute Gasteiger partial charge is 0.257 e. The lowest BCUT2D eigenvalue weighted by atomic mass is 10.1. The Kier molecular flexibility index (Phi) is 3.53. The van der Waals surface area contributed by atoms with Crippen LogP contribution in [-0.2, 0) is 0 Å². The number of nitrogens with zero attached hydrogens (tertiary/aromatic N) is 1. The summed E-state index contributed by atoms with van der Waals surface area (Å²) in [4.78, 5) is 14.6. The Morgan fingerprint density at radius 1 is 1.30 bits per heavy atom. The molecular formula is C15H20N2O3. The Morgan fingerprint density at radius 2 is 2.15 bits per heavy atom. The van der Waals surface area contributed by atoms with Crippen molar-refractivity contribution in [3.05, 3.63) is 23.8 Å². The molecule has 5 nitrogen and oxygen atoms in total. The van der Waals surface area contributed by atoms with E-state index in [1.165, 1.54) is 0 Å². The Bertz CT molecular complexity index is 506. The number of nitrogens with one attached hydrogen (secondary N) is 1. The van der Waals surface area contributed by atoms with Crippen LogP contribution in [0.15, 0.2) is 18.2 Å². The van der Waals surface area contributed by atoms with E-state index in [1.54, 1.807) is 32.4 Å². The number of likely N-dealkylation sites (tertiary alicyclic amines) is 1. The molecule has 3 rings (SSSR count). The Labute approximate surface area is 118 Å². The number of hydrogen-bond acceptors (Lipinski definition) is 4. The van der Waals surface area contributed by atoms with Crippen molar-refractivity contribution in [2.24, 2.45) is 5.92 Å². The van der Waals surface area contributed by atoms with E-state index in [1.807, 2.05) is 4.90 Å². The maximum atomic E-state index is 12.6. The fourth-order valence-corrected chi connectivity index (χ4v) is 3.16. The lowest BCUT2D eigenvalue weighted by molar-refractivity contribution is 0.0779. The Balaban J connectivity index is 1.80. The molecule has 1 N–H and O–H groups in total. The maximum Gasteiger partial charge on any atom is 0.257 e. The van der Waals surface area contributed by atoms with E-state index in [0.29, 0.717) is 29.0 Å². The van der Waals surface area contributed by atoms with Crippen molar-refractivity contribution in [1.82, 2.24) is 10.2 Å². The fourth-order valence-electron chi connectivity index (χ4n) is 3.16. The summed E-state index contributed by atoms with van der Waals surface area (Å²) in [7, 11) is 3.18. The molecule has 2 saturated heterocycles. The van der Waals surface area contributed by atoms with Crippen LogP contribution in [-0.4, -0.2) is 50.7 Å². The topological polar surface area (TPSA) is 50.8 Å². The molecule has 5 heteroatoms. The van der Waals surface area contributed by atoms with E-state index >= 15 is 0 Å². The van der Waals surface area contributed by atoms with Gasteiger partial charge in [0.2, 0.25) is 0 Å². The molecule has 0 spiro atoms. The standard InChI is InChI=1S/C15H20N2O3/c1-19-11-3-4-12(14(7-11)20-2)15(18)17-8-10-5-6-16-13(10)9-17/h3-4,7,10,13,16H,5-6,8-9H2,1-2H3/t10-,13+/m0/s1. The Hall–Kier alpha value is -1.75. The lowest BCUT2D eigenvalue weighted by Gasteiger charge is -2.19. The van der Waals surface area contributed by atoms with Crippen LogP contribution >= 0.6 is 0 Å². The first-order valence-electron chi connectivity index (χ1n) is 6.97. The van der Waals surface area contributed by atoms with Gasteiger partial charge in [-0.1, -0.05) is 0 Å². The van der Waals surface area contributed by atoms with Crippen molar-refractivity contribution in [2.45, 2.75) is 12.5 Å². The molecule has 0 saturated carbocycles. The van der Waals surface area contributed by atoms with Gasteiger partial charge < -0.3 is 19.7 Å². The molecule has 108 valence electrons. The van der Waals surface area contributed by atoms with E-state index < -0.39 is 0 Å². The highest BCUT2D eigenvalue weighted by Crippen LogP contribution is 2.30. The number of methoxy groups -OCH3 is 2. The molecule has 0 bridgehead atoms. The SMILES string of the molecule is COc1ccc(C(=O)N2C[C@@H]3CCN[C@@H]3C2)c(OC)c1. The molecule has 2 aliphatic heterocycles. The lowest BCUT2D eigenvalue weighted by Crippen LogP contribution is -2.34. The number of fused-ring (bicyclic) bond motifs is 1. The molecule has 2 fully saturated rings. The van der Waals surface area contributed by atoms with E-state index in [-0.39, 0.29) is 5.91 Å². The summed E-state index contributed by atoms with van der Waals surface area (Å²) in [5.41, 5.74) is 0.605. The van der Waals surface area contributed by atoms with Gasteiger partial charge in [-0.15, -0.1) is 0 Å². The van der Waals surface area contributed by atoms with Crippen molar-refractivity contribution in [3.8, 4) is 11.5 Å². The number of hydrogen-bond donors (Lipinski definition) is 1. The number of carbonyl (C=O) groups excluding carboxylic acids is 1. The average molecular weight is 276 g/mol. The molecular weight excluding hydrogens is 256 g/mol. The minimum absolute atomic E-state index is 0.0423. The van der Waals surface area contributed by atoms with Crippen LogP contribution in [0.1, 0.15) is 16.8 Å². The summed E-state index contributed by atoms with van der Waals surface area (Å²) in [6.07, 6.45) is 1.16. The first kappa shape index (κ1) is 13.2. The van der Waals surface area contributed by atoms with E-state index in [4.69, 9.17) is 9.47 Å². The van der Waals surface area contributed by atoms with Gasteiger partial charge in [-0.05, 0) is 31.0 Å². The largest absolute Gasteiger partial charge is 0.497 e. The number of carbonyl (C=O) groups is 1. The summed E-state index contributed by atoms with van der Waals surface area (Å²) >= 11 is 0. The molecule has 0 unspecified atom stereocenters. The van der Waals surface area contributed by atoms with Crippen LogP contribution in [0.2, 0.25) is 0 Å². The Morgan fingerprint density at radius 3 is 2.85 bits per heavy atom. The second kappa shape index (κ2) is 5.32. The zero-order chi connectivity index (χ0) is 14.1. The second-order valence-corrected chi connectivity index (χ2v) is 5.39. The summed E-state index contributed by atoms with van der Waals surface area (Å²) < 4.78 is 10.5. The summed E-state index contributed by atoms with van der Waals surface area (Å²) in [5, 5.41) is 3.46. The highest BCUT2D eigenvalue weighted by atomic mass is 16.5. The van der Waals surface area contributed by atoms with Gasteiger partial charge in [0, 0.05) is 25.2 Å². The van der Waals surface area contributed by atoms with Gasteiger partial charge in [0.05, 0.1) is 19.8 Å². The van der Waals surface area contributed by atoms with Crippen LogP contribution in [0.5, 0.6) is 11.5 Å². The molecule has 1 amide bonds. The van der Waals surface area contributed by atoms with E-state index in [2.05, 4.69) is 5.32 Å². The molecule has 1 aromatic rings. The molecule has 0 aliphatic carbocycles. The van der Waals surface area contributed by atoms with Gasteiger partial charge >= 0.3 is 0 Å². The molecule has 20 heavy (non-hydrogen) atoms. The molecule has 2 atom stereocenters. The van der Waals surface area contributed by atoms with Crippen LogP contribution in [0, 0.1) is 5.92 Å². The maximum absolute atomic E-state index is 12.6. The van der Waals surface area contributed by atoms with E-state index in [9.17, 15) is 4.79 Å². The third-order valence-electron chi connectivity index (χ3n) is 4.29. The fraction of sp³-hybridized carbons (Fsp3) is 0.533. The monoisotopic (exact) mass is 276 g/mol.